The maximum atomic E-state index is 13.6. The molecule has 0 radical (unpaired) electrons. The van der Waals surface area contributed by atoms with Crippen molar-refractivity contribution in [2.75, 3.05) is 12.9 Å². The average molecular weight is 514 g/mol. The van der Waals surface area contributed by atoms with Gasteiger partial charge in [-0.05, 0) is 73.7 Å². The second-order valence-corrected chi connectivity index (χ2v) is 10.8. The molecule has 8 heteroatoms. The van der Waals surface area contributed by atoms with Crippen molar-refractivity contribution >= 4 is 15.8 Å². The van der Waals surface area contributed by atoms with Gasteiger partial charge in [-0.3, -0.25) is 4.79 Å². The number of halogens is 1. The van der Waals surface area contributed by atoms with E-state index < -0.39 is 15.8 Å². The van der Waals surface area contributed by atoms with E-state index in [2.05, 4.69) is 6.92 Å². The predicted octanol–water partition coefficient (Wildman–Crippen LogP) is 6.32. The Morgan fingerprint density at radius 1 is 0.972 bits per heavy atom. The Kier molecular flexibility index (Phi) is 9.58. The molecule has 2 aromatic carbocycles. The molecule has 0 spiro atoms. The fourth-order valence-corrected chi connectivity index (χ4v) is 4.48. The SMILES string of the molecule is CCCCOc1nc(-c2ccc(F)cc2)c(-c2ccc(S(C)(=O)=O)cc2)cc1CCCCCC(=O)O. The van der Waals surface area contributed by atoms with E-state index in [1.165, 1.54) is 18.4 Å². The Balaban J connectivity index is 2.05. The third-order valence-electron chi connectivity index (χ3n) is 5.85. The molecule has 0 aliphatic heterocycles. The topological polar surface area (TPSA) is 93.6 Å². The summed E-state index contributed by atoms with van der Waals surface area (Å²) in [5, 5.41) is 8.89. The van der Waals surface area contributed by atoms with Crippen LogP contribution in [0.4, 0.5) is 4.39 Å². The van der Waals surface area contributed by atoms with Crippen molar-refractivity contribution in [2.24, 2.45) is 0 Å². The second-order valence-electron chi connectivity index (χ2n) is 8.81. The summed E-state index contributed by atoms with van der Waals surface area (Å²) >= 11 is 0. The van der Waals surface area contributed by atoms with Crippen LogP contribution in [0.5, 0.6) is 5.88 Å². The molecule has 3 aromatic rings. The number of hydrogen-bond acceptors (Lipinski definition) is 5. The molecular weight excluding hydrogens is 481 g/mol. The highest BCUT2D eigenvalue weighted by Crippen LogP contribution is 2.36. The summed E-state index contributed by atoms with van der Waals surface area (Å²) in [5.41, 5.74) is 3.79. The average Bonchev–Trinajstić information content (AvgIpc) is 2.84. The Hall–Kier alpha value is -3.26. The minimum absolute atomic E-state index is 0.138. The Morgan fingerprint density at radius 3 is 2.25 bits per heavy atom. The minimum atomic E-state index is -3.34. The highest BCUT2D eigenvalue weighted by Gasteiger charge is 2.17. The van der Waals surface area contributed by atoms with Gasteiger partial charge in [-0.2, -0.15) is 0 Å². The van der Waals surface area contributed by atoms with Gasteiger partial charge >= 0.3 is 5.97 Å². The molecule has 1 heterocycles. The van der Waals surface area contributed by atoms with Crippen molar-refractivity contribution < 1.29 is 27.4 Å². The van der Waals surface area contributed by atoms with Crippen molar-refractivity contribution in [3.8, 4) is 28.3 Å². The number of carboxylic acids is 1. The summed E-state index contributed by atoms with van der Waals surface area (Å²) in [6.07, 6.45) is 5.95. The normalized spacial score (nSPS) is 11.4. The number of hydrogen-bond donors (Lipinski definition) is 1. The van der Waals surface area contributed by atoms with Crippen molar-refractivity contribution in [1.82, 2.24) is 4.98 Å². The lowest BCUT2D eigenvalue weighted by atomic mass is 9.96. The molecule has 0 unspecified atom stereocenters. The summed E-state index contributed by atoms with van der Waals surface area (Å²) < 4.78 is 43.6. The van der Waals surface area contributed by atoms with Crippen LogP contribution in [0.1, 0.15) is 51.0 Å². The van der Waals surface area contributed by atoms with E-state index in [1.807, 2.05) is 6.07 Å². The van der Waals surface area contributed by atoms with Gasteiger partial charge < -0.3 is 9.84 Å². The Labute approximate surface area is 212 Å². The zero-order valence-electron chi connectivity index (χ0n) is 20.7. The maximum absolute atomic E-state index is 13.6. The summed E-state index contributed by atoms with van der Waals surface area (Å²) in [4.78, 5) is 15.9. The van der Waals surface area contributed by atoms with Crippen molar-refractivity contribution in [3.05, 3.63) is 66.0 Å². The van der Waals surface area contributed by atoms with Gasteiger partial charge in [0.25, 0.3) is 0 Å². The third-order valence-corrected chi connectivity index (χ3v) is 6.97. The molecular formula is C28H32FNO5S. The summed E-state index contributed by atoms with van der Waals surface area (Å²) in [6.45, 7) is 2.59. The molecule has 0 fully saturated rings. The number of ether oxygens (including phenoxy) is 1. The van der Waals surface area contributed by atoms with E-state index in [4.69, 9.17) is 14.8 Å². The molecule has 192 valence electrons. The first-order chi connectivity index (χ1) is 17.2. The largest absolute Gasteiger partial charge is 0.481 e. The zero-order chi connectivity index (χ0) is 26.1. The second kappa shape index (κ2) is 12.6. The molecule has 36 heavy (non-hydrogen) atoms. The van der Waals surface area contributed by atoms with Gasteiger partial charge in [-0.25, -0.2) is 17.8 Å². The molecule has 3 rings (SSSR count). The lowest BCUT2D eigenvalue weighted by Gasteiger charge is -2.17. The maximum Gasteiger partial charge on any atom is 0.303 e. The van der Waals surface area contributed by atoms with Gasteiger partial charge in [0.2, 0.25) is 5.88 Å². The van der Waals surface area contributed by atoms with E-state index in [1.54, 1.807) is 36.4 Å². The van der Waals surface area contributed by atoms with Gasteiger partial charge in [0.1, 0.15) is 5.82 Å². The van der Waals surface area contributed by atoms with Crippen molar-refractivity contribution in [1.29, 1.82) is 0 Å². The predicted molar refractivity (Wildman–Crippen MR) is 138 cm³/mol. The monoisotopic (exact) mass is 513 g/mol. The number of aliphatic carboxylic acids is 1. The number of nitrogens with zero attached hydrogens (tertiary/aromatic N) is 1. The number of rotatable bonds is 13. The number of benzene rings is 2. The van der Waals surface area contributed by atoms with E-state index in [-0.39, 0.29) is 17.1 Å². The minimum Gasteiger partial charge on any atom is -0.481 e. The number of aryl methyl sites for hydroxylation is 1. The van der Waals surface area contributed by atoms with Crippen LogP contribution in [0.2, 0.25) is 0 Å². The smallest absolute Gasteiger partial charge is 0.303 e. The molecule has 0 aliphatic rings. The Morgan fingerprint density at radius 2 is 1.64 bits per heavy atom. The van der Waals surface area contributed by atoms with Crippen LogP contribution in [-0.4, -0.2) is 37.3 Å². The fraction of sp³-hybridized carbons (Fsp3) is 0.357. The summed E-state index contributed by atoms with van der Waals surface area (Å²) in [5.74, 6) is -0.642. The lowest BCUT2D eigenvalue weighted by Crippen LogP contribution is -2.05. The van der Waals surface area contributed by atoms with E-state index in [0.717, 1.165) is 42.4 Å². The van der Waals surface area contributed by atoms with Crippen LogP contribution >= 0.6 is 0 Å². The van der Waals surface area contributed by atoms with Crippen LogP contribution in [0.25, 0.3) is 22.4 Å². The molecule has 0 saturated carbocycles. The molecule has 0 atom stereocenters. The first kappa shape index (κ1) is 27.3. The van der Waals surface area contributed by atoms with Gasteiger partial charge in [0.05, 0.1) is 17.2 Å². The summed E-state index contributed by atoms with van der Waals surface area (Å²) in [6, 6.07) is 14.7. The first-order valence-corrected chi connectivity index (χ1v) is 14.0. The van der Waals surface area contributed by atoms with Crippen LogP contribution in [0.15, 0.2) is 59.5 Å². The van der Waals surface area contributed by atoms with Gasteiger partial charge in [-0.15, -0.1) is 0 Å². The lowest BCUT2D eigenvalue weighted by molar-refractivity contribution is -0.137. The van der Waals surface area contributed by atoms with E-state index in [0.29, 0.717) is 36.6 Å². The number of unbranched alkanes of at least 4 members (excludes halogenated alkanes) is 3. The van der Waals surface area contributed by atoms with Crippen LogP contribution in [0, 0.1) is 5.82 Å². The van der Waals surface area contributed by atoms with Gasteiger partial charge in [0.15, 0.2) is 9.84 Å². The first-order valence-electron chi connectivity index (χ1n) is 12.1. The molecule has 1 aromatic heterocycles. The number of sulfone groups is 1. The van der Waals surface area contributed by atoms with Gasteiger partial charge in [0, 0.05) is 29.4 Å². The molecule has 0 bridgehead atoms. The highest BCUT2D eigenvalue weighted by atomic mass is 32.2. The molecule has 0 aliphatic carbocycles. The molecule has 0 amide bonds. The Bertz CT molecular complexity index is 1270. The van der Waals surface area contributed by atoms with Crippen LogP contribution < -0.4 is 4.74 Å². The van der Waals surface area contributed by atoms with Crippen molar-refractivity contribution in [2.45, 2.75) is 56.8 Å². The quantitative estimate of drug-likeness (QED) is 0.269. The zero-order valence-corrected chi connectivity index (χ0v) is 21.5. The number of carbonyl (C=O) groups is 1. The number of aromatic nitrogens is 1. The standard InChI is InChI=1S/C28H32FNO5S/c1-3-4-18-35-28-22(8-6-5-7-9-26(31)32)19-25(20-12-16-24(17-13-20)36(2,33)34)27(30-28)21-10-14-23(29)15-11-21/h10-17,19H,3-9,18H2,1-2H3,(H,31,32). The third kappa shape index (κ3) is 7.62. The van der Waals surface area contributed by atoms with E-state index >= 15 is 0 Å². The van der Waals surface area contributed by atoms with Crippen LogP contribution in [-0.2, 0) is 21.1 Å². The molecule has 0 saturated heterocycles. The summed E-state index contributed by atoms with van der Waals surface area (Å²) in [7, 11) is -3.34. The van der Waals surface area contributed by atoms with Gasteiger partial charge in [-0.1, -0.05) is 31.9 Å². The molecule has 1 N–H and O–H groups in total. The fourth-order valence-electron chi connectivity index (χ4n) is 3.85. The highest BCUT2D eigenvalue weighted by molar-refractivity contribution is 7.90. The number of pyridine rings is 1. The number of carboxylic acid groups (broad SMARTS) is 1. The molecule has 6 nitrogen and oxygen atoms in total. The van der Waals surface area contributed by atoms with Crippen molar-refractivity contribution in [3.63, 3.8) is 0 Å². The van der Waals surface area contributed by atoms with E-state index in [9.17, 15) is 17.6 Å². The van der Waals surface area contributed by atoms with Crippen LogP contribution in [0.3, 0.4) is 0 Å².